The molecule has 0 radical (unpaired) electrons. The zero-order valence-corrected chi connectivity index (χ0v) is 18.3. The average molecular weight is 446 g/mol. The number of amides is 3. The highest BCUT2D eigenvalue weighted by atomic mass is 35.5. The van der Waals surface area contributed by atoms with Crippen LogP contribution in [0.1, 0.15) is 36.5 Å². The molecule has 2 rings (SSSR count). The van der Waals surface area contributed by atoms with Gasteiger partial charge in [-0.1, -0.05) is 23.2 Å². The number of nitrogens with one attached hydrogen (secondary N) is 2. The van der Waals surface area contributed by atoms with Gasteiger partial charge in [-0.2, -0.15) is 11.8 Å². The van der Waals surface area contributed by atoms with Crippen LogP contribution in [0.5, 0.6) is 0 Å². The maximum atomic E-state index is 12.8. The molecule has 1 aromatic rings. The van der Waals surface area contributed by atoms with Gasteiger partial charge in [-0.3, -0.25) is 14.4 Å². The number of hydrogen-bond donors (Lipinski definition) is 2. The van der Waals surface area contributed by atoms with Crippen molar-refractivity contribution >= 4 is 52.7 Å². The Hall–Kier alpha value is -1.44. The van der Waals surface area contributed by atoms with Crippen molar-refractivity contribution in [2.75, 3.05) is 25.1 Å². The van der Waals surface area contributed by atoms with Crippen molar-refractivity contribution in [3.8, 4) is 0 Å². The molecule has 1 aliphatic rings. The Morgan fingerprint density at radius 3 is 2.50 bits per heavy atom. The number of nitrogens with zero attached hydrogens (tertiary/aromatic N) is 1. The fourth-order valence-electron chi connectivity index (χ4n) is 3.05. The molecule has 1 heterocycles. The summed E-state index contributed by atoms with van der Waals surface area (Å²) in [5.74, 6) is 0.160. The van der Waals surface area contributed by atoms with Gasteiger partial charge in [0.25, 0.3) is 5.91 Å². The molecule has 2 N–H and O–H groups in total. The van der Waals surface area contributed by atoms with Crippen molar-refractivity contribution < 1.29 is 14.4 Å². The molecule has 3 amide bonds. The van der Waals surface area contributed by atoms with Crippen molar-refractivity contribution in [1.29, 1.82) is 0 Å². The maximum Gasteiger partial charge on any atom is 0.253 e. The summed E-state index contributed by atoms with van der Waals surface area (Å²) in [6.07, 6.45) is 3.87. The van der Waals surface area contributed by atoms with E-state index in [0.717, 1.165) is 5.75 Å². The third-order valence-electron chi connectivity index (χ3n) is 4.69. The molecule has 1 aliphatic heterocycles. The Morgan fingerprint density at radius 1 is 1.25 bits per heavy atom. The molecule has 6 nitrogen and oxygen atoms in total. The summed E-state index contributed by atoms with van der Waals surface area (Å²) in [7, 11) is 0. The highest BCUT2D eigenvalue weighted by molar-refractivity contribution is 7.98. The van der Waals surface area contributed by atoms with Gasteiger partial charge >= 0.3 is 0 Å². The van der Waals surface area contributed by atoms with E-state index in [0.29, 0.717) is 37.4 Å². The number of benzene rings is 1. The second kappa shape index (κ2) is 10.9. The van der Waals surface area contributed by atoms with E-state index in [9.17, 15) is 14.4 Å². The van der Waals surface area contributed by atoms with Gasteiger partial charge in [0.05, 0.1) is 10.6 Å². The van der Waals surface area contributed by atoms with Gasteiger partial charge in [-0.05, 0) is 49.5 Å². The number of carbonyl (C=O) groups excluding carboxylic acids is 3. The Kier molecular flexibility index (Phi) is 8.92. The molecule has 154 valence electrons. The molecular weight excluding hydrogens is 421 g/mol. The van der Waals surface area contributed by atoms with Crippen LogP contribution in [0.25, 0.3) is 0 Å². The topological polar surface area (TPSA) is 78.5 Å². The summed E-state index contributed by atoms with van der Waals surface area (Å²) in [5.41, 5.74) is 0.280. The number of hydrogen-bond acceptors (Lipinski definition) is 4. The molecule has 1 saturated heterocycles. The van der Waals surface area contributed by atoms with Crippen LogP contribution < -0.4 is 10.6 Å². The Balaban J connectivity index is 1.99. The largest absolute Gasteiger partial charge is 0.351 e. The second-order valence-corrected chi connectivity index (χ2v) is 8.55. The van der Waals surface area contributed by atoms with Crippen molar-refractivity contribution in [1.82, 2.24) is 15.5 Å². The van der Waals surface area contributed by atoms with E-state index in [1.807, 2.05) is 6.26 Å². The van der Waals surface area contributed by atoms with Gasteiger partial charge in [0, 0.05) is 31.1 Å². The van der Waals surface area contributed by atoms with Crippen LogP contribution >= 0.6 is 35.0 Å². The molecular formula is C19H25Cl2N3O3S. The normalized spacial score (nSPS) is 15.8. The lowest BCUT2D eigenvalue weighted by atomic mass is 10.0. The van der Waals surface area contributed by atoms with Gasteiger partial charge in [0.15, 0.2) is 0 Å². The molecule has 28 heavy (non-hydrogen) atoms. The highest BCUT2D eigenvalue weighted by Gasteiger charge is 2.27. The van der Waals surface area contributed by atoms with E-state index >= 15 is 0 Å². The highest BCUT2D eigenvalue weighted by Crippen LogP contribution is 2.21. The van der Waals surface area contributed by atoms with E-state index < -0.39 is 11.9 Å². The van der Waals surface area contributed by atoms with E-state index in [-0.39, 0.29) is 28.4 Å². The quantitative estimate of drug-likeness (QED) is 0.675. The van der Waals surface area contributed by atoms with Crippen molar-refractivity contribution in [2.45, 2.75) is 38.3 Å². The molecule has 0 saturated carbocycles. The van der Waals surface area contributed by atoms with Crippen molar-refractivity contribution in [2.24, 2.45) is 0 Å². The fraction of sp³-hybridized carbons (Fsp3) is 0.526. The number of halogens is 2. The number of likely N-dealkylation sites (tertiary alicyclic amines) is 1. The van der Waals surface area contributed by atoms with E-state index in [1.165, 1.54) is 6.07 Å². The minimum atomic E-state index is -0.655. The first kappa shape index (κ1) is 22.8. The SMILES string of the molecule is CSCCC(NC(=O)c1ccc(Cl)cc1Cl)C(=O)NC1CCN(C(C)=O)CC1. The first-order valence-electron chi connectivity index (χ1n) is 9.12. The lowest BCUT2D eigenvalue weighted by molar-refractivity contribution is -0.130. The van der Waals surface area contributed by atoms with Gasteiger partial charge in [0.2, 0.25) is 11.8 Å². The number of carbonyl (C=O) groups is 3. The third-order valence-corrected chi connectivity index (χ3v) is 5.89. The van der Waals surface area contributed by atoms with Crippen LogP contribution in [0.3, 0.4) is 0 Å². The Bertz CT molecular complexity index is 724. The van der Waals surface area contributed by atoms with Crippen LogP contribution in [0, 0.1) is 0 Å². The van der Waals surface area contributed by atoms with E-state index in [4.69, 9.17) is 23.2 Å². The van der Waals surface area contributed by atoms with Gasteiger partial charge in [-0.25, -0.2) is 0 Å². The molecule has 1 fully saturated rings. The average Bonchev–Trinajstić information content (AvgIpc) is 2.65. The number of rotatable bonds is 7. The molecule has 0 bridgehead atoms. The van der Waals surface area contributed by atoms with E-state index in [2.05, 4.69) is 10.6 Å². The molecule has 0 spiro atoms. The van der Waals surface area contributed by atoms with Crippen LogP contribution in [0.4, 0.5) is 0 Å². The number of piperidine rings is 1. The predicted octanol–water partition coefficient (Wildman–Crippen LogP) is 2.97. The summed E-state index contributed by atoms with van der Waals surface area (Å²) in [6, 6.07) is 3.97. The molecule has 0 aromatic heterocycles. The smallest absolute Gasteiger partial charge is 0.253 e. The van der Waals surface area contributed by atoms with Crippen LogP contribution in [-0.2, 0) is 9.59 Å². The van der Waals surface area contributed by atoms with Crippen LogP contribution in [0.2, 0.25) is 10.0 Å². The van der Waals surface area contributed by atoms with Crippen LogP contribution in [-0.4, -0.2) is 59.8 Å². The molecule has 9 heteroatoms. The Labute approximate surface area is 179 Å². The fourth-order valence-corrected chi connectivity index (χ4v) is 4.02. The summed E-state index contributed by atoms with van der Waals surface area (Å²) in [4.78, 5) is 38.6. The minimum Gasteiger partial charge on any atom is -0.351 e. The molecule has 1 unspecified atom stereocenters. The Morgan fingerprint density at radius 2 is 1.93 bits per heavy atom. The number of thioether (sulfide) groups is 1. The standard InChI is InChI=1S/C19H25Cl2N3O3S/c1-12(25)24-8-5-14(6-9-24)22-19(27)17(7-10-28-2)23-18(26)15-4-3-13(20)11-16(15)21/h3-4,11,14,17H,5-10H2,1-2H3,(H,22,27)(H,23,26). The predicted molar refractivity (Wildman–Crippen MR) is 114 cm³/mol. The maximum absolute atomic E-state index is 12.8. The first-order valence-corrected chi connectivity index (χ1v) is 11.3. The molecule has 1 aromatic carbocycles. The van der Waals surface area contributed by atoms with Gasteiger partial charge < -0.3 is 15.5 Å². The summed E-state index contributed by atoms with van der Waals surface area (Å²) in [5, 5.41) is 6.48. The lowest BCUT2D eigenvalue weighted by Gasteiger charge is -2.32. The molecule has 0 aliphatic carbocycles. The second-order valence-electron chi connectivity index (χ2n) is 6.72. The zero-order valence-electron chi connectivity index (χ0n) is 16.0. The summed E-state index contributed by atoms with van der Waals surface area (Å²) in [6.45, 7) is 2.81. The zero-order chi connectivity index (χ0) is 20.7. The van der Waals surface area contributed by atoms with E-state index in [1.54, 1.807) is 35.7 Å². The van der Waals surface area contributed by atoms with Gasteiger partial charge in [-0.15, -0.1) is 0 Å². The van der Waals surface area contributed by atoms with Crippen LogP contribution in [0.15, 0.2) is 18.2 Å². The van der Waals surface area contributed by atoms with Gasteiger partial charge in [0.1, 0.15) is 6.04 Å². The van der Waals surface area contributed by atoms with Crippen molar-refractivity contribution in [3.63, 3.8) is 0 Å². The summed E-state index contributed by atoms with van der Waals surface area (Å²) < 4.78 is 0. The monoisotopic (exact) mass is 445 g/mol. The lowest BCUT2D eigenvalue weighted by Crippen LogP contribution is -2.52. The first-order chi connectivity index (χ1) is 13.3. The third kappa shape index (κ3) is 6.57. The minimum absolute atomic E-state index is 0.00379. The molecule has 1 atom stereocenters. The summed E-state index contributed by atoms with van der Waals surface area (Å²) >= 11 is 13.6. The van der Waals surface area contributed by atoms with Crippen molar-refractivity contribution in [3.05, 3.63) is 33.8 Å².